The molecule has 1 aromatic heterocycles. The van der Waals surface area contributed by atoms with Crippen molar-refractivity contribution < 1.29 is 4.57 Å². The van der Waals surface area contributed by atoms with Crippen molar-refractivity contribution in [3.63, 3.8) is 0 Å². The molecule has 0 aliphatic carbocycles. The van der Waals surface area contributed by atoms with E-state index in [9.17, 15) is 0 Å². The van der Waals surface area contributed by atoms with Gasteiger partial charge in [0.05, 0.1) is 7.05 Å². The average Bonchev–Trinajstić information content (AvgIpc) is 2.60. The maximum Gasteiger partial charge on any atom is 0.243 e. The van der Waals surface area contributed by atoms with Crippen molar-refractivity contribution in [3.8, 4) is 0 Å². The molecule has 14 heavy (non-hydrogen) atoms. The van der Waals surface area contributed by atoms with E-state index in [1.165, 1.54) is 32.1 Å². The van der Waals surface area contributed by atoms with Gasteiger partial charge in [-0.2, -0.15) is 0 Å². The molecule has 0 saturated heterocycles. The second kappa shape index (κ2) is 5.84. The molecule has 0 aromatic carbocycles. The first-order chi connectivity index (χ1) is 6.77. The summed E-state index contributed by atoms with van der Waals surface area (Å²) in [6.45, 7) is 4.53. The van der Waals surface area contributed by atoms with Crippen molar-refractivity contribution in [2.24, 2.45) is 7.05 Å². The summed E-state index contributed by atoms with van der Waals surface area (Å²) in [5.41, 5.74) is 0. The van der Waals surface area contributed by atoms with Gasteiger partial charge in [0.1, 0.15) is 18.4 Å². The Morgan fingerprint density at radius 1 is 1.29 bits per heavy atom. The van der Waals surface area contributed by atoms with Crippen LogP contribution in [0.15, 0.2) is 18.7 Å². The van der Waals surface area contributed by atoms with Gasteiger partial charge in [-0.05, 0) is 19.3 Å². The van der Waals surface area contributed by atoms with Gasteiger partial charge < -0.3 is 0 Å². The smallest absolute Gasteiger partial charge is 0.240 e. The molecule has 0 amide bonds. The fourth-order valence-corrected chi connectivity index (χ4v) is 1.88. The van der Waals surface area contributed by atoms with Crippen LogP contribution in [0.2, 0.25) is 0 Å². The van der Waals surface area contributed by atoms with Crippen molar-refractivity contribution in [1.29, 1.82) is 0 Å². The van der Waals surface area contributed by atoms with Crippen LogP contribution >= 0.6 is 0 Å². The van der Waals surface area contributed by atoms with Crippen LogP contribution in [0.3, 0.4) is 0 Å². The summed E-state index contributed by atoms with van der Waals surface area (Å²) in [5.74, 6) is 0. The van der Waals surface area contributed by atoms with E-state index in [0.29, 0.717) is 6.04 Å². The predicted octanol–water partition coefficient (Wildman–Crippen LogP) is 2.84. The van der Waals surface area contributed by atoms with Gasteiger partial charge in [0.15, 0.2) is 0 Å². The Bertz CT molecular complexity index is 253. The second-order valence-electron chi connectivity index (χ2n) is 4.08. The molecule has 1 heterocycles. The average molecular weight is 195 g/mol. The lowest BCUT2D eigenvalue weighted by molar-refractivity contribution is -0.671. The fraction of sp³-hybridized carbons (Fsp3) is 0.750. The number of imidazole rings is 1. The summed E-state index contributed by atoms with van der Waals surface area (Å²) >= 11 is 0. The topological polar surface area (TPSA) is 8.81 Å². The first-order valence-electron chi connectivity index (χ1n) is 5.80. The molecule has 0 fully saturated rings. The molecular weight excluding hydrogens is 172 g/mol. The number of unbranched alkanes of at least 4 members (excludes halogenated alkanes) is 2. The van der Waals surface area contributed by atoms with Crippen LogP contribution < -0.4 is 4.57 Å². The molecule has 0 radical (unpaired) electrons. The van der Waals surface area contributed by atoms with E-state index in [4.69, 9.17) is 0 Å². The molecule has 2 heteroatoms. The number of aryl methyl sites for hydroxylation is 1. The summed E-state index contributed by atoms with van der Waals surface area (Å²) < 4.78 is 4.46. The molecular formula is C12H23N2+. The van der Waals surface area contributed by atoms with E-state index in [-0.39, 0.29) is 0 Å². The fourth-order valence-electron chi connectivity index (χ4n) is 1.88. The van der Waals surface area contributed by atoms with Crippen molar-refractivity contribution in [2.45, 2.75) is 52.0 Å². The SMILES string of the molecule is CCCCCC(CC)n1cc[n+](C)c1. The molecule has 0 spiro atoms. The highest BCUT2D eigenvalue weighted by atomic mass is 15.1. The van der Waals surface area contributed by atoms with E-state index in [1.54, 1.807) is 0 Å². The molecule has 1 rings (SSSR count). The zero-order chi connectivity index (χ0) is 10.4. The van der Waals surface area contributed by atoms with Crippen molar-refractivity contribution in [2.75, 3.05) is 0 Å². The van der Waals surface area contributed by atoms with E-state index < -0.39 is 0 Å². The van der Waals surface area contributed by atoms with Crippen LogP contribution in [0.25, 0.3) is 0 Å². The van der Waals surface area contributed by atoms with Gasteiger partial charge in [-0.25, -0.2) is 9.13 Å². The standard InChI is InChI=1S/C12H23N2/c1-4-6-7-8-12(5-2)14-10-9-13(3)11-14/h9-12H,4-8H2,1-3H3/q+1. The molecule has 0 aliphatic rings. The lowest BCUT2D eigenvalue weighted by Crippen LogP contribution is -2.24. The minimum atomic E-state index is 0.697. The van der Waals surface area contributed by atoms with Gasteiger partial charge in [0, 0.05) is 0 Å². The van der Waals surface area contributed by atoms with Gasteiger partial charge in [-0.3, -0.25) is 0 Å². The van der Waals surface area contributed by atoms with Gasteiger partial charge in [-0.1, -0.05) is 26.7 Å². The van der Waals surface area contributed by atoms with E-state index in [0.717, 1.165) is 0 Å². The minimum Gasteiger partial charge on any atom is -0.240 e. The van der Waals surface area contributed by atoms with E-state index in [2.05, 4.69) is 48.8 Å². The Kier molecular flexibility index (Phi) is 4.71. The quantitative estimate of drug-likeness (QED) is 0.487. The largest absolute Gasteiger partial charge is 0.243 e. The highest BCUT2D eigenvalue weighted by Crippen LogP contribution is 2.18. The van der Waals surface area contributed by atoms with Crippen LogP contribution in [0.4, 0.5) is 0 Å². The summed E-state index contributed by atoms with van der Waals surface area (Å²) in [7, 11) is 2.08. The minimum absolute atomic E-state index is 0.697. The molecule has 0 saturated carbocycles. The first kappa shape index (κ1) is 11.3. The molecule has 1 aromatic rings. The number of nitrogens with zero attached hydrogens (tertiary/aromatic N) is 2. The van der Waals surface area contributed by atoms with Crippen LogP contribution in [0.5, 0.6) is 0 Å². The van der Waals surface area contributed by atoms with Gasteiger partial charge in [0.25, 0.3) is 0 Å². The van der Waals surface area contributed by atoms with Crippen molar-refractivity contribution >= 4 is 0 Å². The number of hydrogen-bond donors (Lipinski definition) is 0. The monoisotopic (exact) mass is 195 g/mol. The molecule has 80 valence electrons. The van der Waals surface area contributed by atoms with Gasteiger partial charge in [0.2, 0.25) is 6.33 Å². The maximum atomic E-state index is 2.34. The molecule has 1 unspecified atom stereocenters. The molecule has 2 nitrogen and oxygen atoms in total. The number of rotatable bonds is 6. The van der Waals surface area contributed by atoms with Gasteiger partial charge in [-0.15, -0.1) is 0 Å². The predicted molar refractivity (Wildman–Crippen MR) is 59.1 cm³/mol. The van der Waals surface area contributed by atoms with Crippen molar-refractivity contribution in [1.82, 2.24) is 4.57 Å². The summed E-state index contributed by atoms with van der Waals surface area (Å²) in [5, 5.41) is 0. The third kappa shape index (κ3) is 3.17. The summed E-state index contributed by atoms with van der Waals surface area (Å²) in [6.07, 6.45) is 13.1. The summed E-state index contributed by atoms with van der Waals surface area (Å²) in [6, 6.07) is 0.697. The Balaban J connectivity index is 2.45. The first-order valence-corrected chi connectivity index (χ1v) is 5.80. The van der Waals surface area contributed by atoms with Crippen molar-refractivity contribution in [3.05, 3.63) is 18.7 Å². The maximum absolute atomic E-state index is 2.34. The van der Waals surface area contributed by atoms with Crippen LogP contribution in [0, 0.1) is 0 Å². The Morgan fingerprint density at radius 2 is 2.07 bits per heavy atom. The van der Waals surface area contributed by atoms with Crippen LogP contribution in [-0.2, 0) is 7.05 Å². The Hall–Kier alpha value is -0.790. The summed E-state index contributed by atoms with van der Waals surface area (Å²) in [4.78, 5) is 0. The molecule has 0 bridgehead atoms. The Morgan fingerprint density at radius 3 is 2.57 bits per heavy atom. The lowest BCUT2D eigenvalue weighted by Gasteiger charge is -2.10. The lowest BCUT2D eigenvalue weighted by atomic mass is 10.1. The van der Waals surface area contributed by atoms with Gasteiger partial charge >= 0.3 is 0 Å². The normalized spacial score (nSPS) is 13.1. The molecule has 1 atom stereocenters. The van der Waals surface area contributed by atoms with E-state index >= 15 is 0 Å². The second-order valence-corrected chi connectivity index (χ2v) is 4.08. The third-order valence-corrected chi connectivity index (χ3v) is 2.82. The zero-order valence-corrected chi connectivity index (χ0v) is 9.74. The zero-order valence-electron chi connectivity index (χ0n) is 9.74. The van der Waals surface area contributed by atoms with Crippen LogP contribution in [0.1, 0.15) is 52.0 Å². The third-order valence-electron chi connectivity index (χ3n) is 2.82. The highest BCUT2D eigenvalue weighted by Gasteiger charge is 2.12. The highest BCUT2D eigenvalue weighted by molar-refractivity contribution is 4.74. The van der Waals surface area contributed by atoms with E-state index in [1.807, 2.05) is 0 Å². The molecule has 0 N–H and O–H groups in total. The molecule has 0 aliphatic heterocycles. The number of hydrogen-bond acceptors (Lipinski definition) is 0. The number of aromatic nitrogens is 2. The van der Waals surface area contributed by atoms with Crippen LogP contribution in [-0.4, -0.2) is 4.57 Å². The Labute approximate surface area is 87.6 Å².